The smallest absolute Gasteiger partial charge is 0.410 e. The van der Waals surface area contributed by atoms with E-state index in [2.05, 4.69) is 0 Å². The topological polar surface area (TPSA) is 66.8 Å². The predicted molar refractivity (Wildman–Crippen MR) is 63.1 cm³/mol. The molecule has 20 heavy (non-hydrogen) atoms. The van der Waals surface area contributed by atoms with Crippen LogP contribution in [0.1, 0.15) is 27.7 Å². The van der Waals surface area contributed by atoms with Crippen molar-refractivity contribution in [2.24, 2.45) is 11.3 Å². The van der Waals surface area contributed by atoms with Crippen LogP contribution >= 0.6 is 0 Å². The van der Waals surface area contributed by atoms with E-state index in [-0.39, 0.29) is 6.54 Å². The van der Waals surface area contributed by atoms with Gasteiger partial charge in [-0.1, -0.05) is 6.92 Å². The van der Waals surface area contributed by atoms with Crippen LogP contribution in [-0.4, -0.2) is 46.9 Å². The first-order valence-corrected chi connectivity index (χ1v) is 6.09. The lowest BCUT2D eigenvalue weighted by molar-refractivity contribution is -0.236. The molecule has 0 radical (unpaired) electrons. The molecule has 1 N–H and O–H groups in total. The maximum absolute atomic E-state index is 13.1. The Labute approximate surface area is 114 Å². The summed E-state index contributed by atoms with van der Waals surface area (Å²) in [5.41, 5.74) is -3.79. The molecule has 0 aromatic heterocycles. The summed E-state index contributed by atoms with van der Waals surface area (Å²) in [6, 6.07) is 0. The van der Waals surface area contributed by atoms with Gasteiger partial charge in [0.2, 0.25) is 0 Å². The Hall–Kier alpha value is -1.47. The zero-order valence-electron chi connectivity index (χ0n) is 11.7. The Morgan fingerprint density at radius 1 is 1.30 bits per heavy atom. The van der Waals surface area contributed by atoms with Crippen molar-refractivity contribution in [1.29, 1.82) is 0 Å². The van der Waals surface area contributed by atoms with E-state index in [0.717, 1.165) is 4.90 Å². The monoisotopic (exact) mass is 297 g/mol. The van der Waals surface area contributed by atoms with Gasteiger partial charge in [0.1, 0.15) is 5.60 Å². The van der Waals surface area contributed by atoms with E-state index in [9.17, 15) is 22.8 Å². The Bertz CT molecular complexity index is 416. The average Bonchev–Trinajstić information content (AvgIpc) is 2.53. The number of ether oxygens (including phenoxy) is 1. The van der Waals surface area contributed by atoms with Crippen molar-refractivity contribution in [2.45, 2.75) is 39.5 Å². The van der Waals surface area contributed by atoms with Gasteiger partial charge < -0.3 is 14.7 Å². The van der Waals surface area contributed by atoms with Gasteiger partial charge in [0.15, 0.2) is 5.41 Å². The minimum Gasteiger partial charge on any atom is -0.481 e. The van der Waals surface area contributed by atoms with Crippen LogP contribution in [0.2, 0.25) is 0 Å². The highest BCUT2D eigenvalue weighted by Gasteiger charge is 2.68. The Balaban J connectivity index is 3.01. The van der Waals surface area contributed by atoms with Crippen molar-refractivity contribution >= 4 is 12.1 Å². The summed E-state index contributed by atoms with van der Waals surface area (Å²) in [4.78, 5) is 23.7. The molecule has 1 amide bonds. The summed E-state index contributed by atoms with van der Waals surface area (Å²) in [5.74, 6) is -3.21. The highest BCUT2D eigenvalue weighted by atomic mass is 19.4. The number of carbonyl (C=O) groups excluding carboxylic acids is 1. The zero-order valence-corrected chi connectivity index (χ0v) is 11.7. The lowest BCUT2D eigenvalue weighted by Crippen LogP contribution is -2.51. The SMILES string of the molecule is C[C@@H]1CN(C(=O)OC(C)(C)C)C[C@@]1(C(=O)O)C(F)(F)F. The number of amides is 1. The van der Waals surface area contributed by atoms with E-state index in [1.807, 2.05) is 0 Å². The number of hydrogen-bond acceptors (Lipinski definition) is 3. The second kappa shape index (κ2) is 4.82. The lowest BCUT2D eigenvalue weighted by atomic mass is 9.78. The first-order valence-electron chi connectivity index (χ1n) is 6.09. The van der Waals surface area contributed by atoms with Crippen molar-refractivity contribution in [1.82, 2.24) is 4.90 Å². The molecule has 0 spiro atoms. The van der Waals surface area contributed by atoms with Crippen LogP contribution in [0, 0.1) is 11.3 Å². The number of likely N-dealkylation sites (tertiary alicyclic amines) is 1. The van der Waals surface area contributed by atoms with Crippen LogP contribution in [-0.2, 0) is 9.53 Å². The van der Waals surface area contributed by atoms with Gasteiger partial charge in [0, 0.05) is 19.0 Å². The van der Waals surface area contributed by atoms with Gasteiger partial charge >= 0.3 is 18.2 Å². The van der Waals surface area contributed by atoms with Crippen LogP contribution in [0.3, 0.4) is 0 Å². The molecule has 116 valence electrons. The number of halogens is 3. The third-order valence-electron chi connectivity index (χ3n) is 3.31. The fourth-order valence-electron chi connectivity index (χ4n) is 2.24. The van der Waals surface area contributed by atoms with Gasteiger partial charge in [0.25, 0.3) is 0 Å². The number of carboxylic acid groups (broad SMARTS) is 1. The molecule has 1 rings (SSSR count). The van der Waals surface area contributed by atoms with Crippen LogP contribution in [0.5, 0.6) is 0 Å². The third-order valence-corrected chi connectivity index (χ3v) is 3.31. The van der Waals surface area contributed by atoms with Crippen LogP contribution in [0.25, 0.3) is 0 Å². The second-order valence-electron chi connectivity index (χ2n) is 6.04. The van der Waals surface area contributed by atoms with E-state index in [0.29, 0.717) is 0 Å². The molecule has 2 atom stereocenters. The summed E-state index contributed by atoms with van der Waals surface area (Å²) >= 11 is 0. The molecule has 0 aromatic rings. The third kappa shape index (κ3) is 2.83. The molecule has 0 aliphatic carbocycles. The molecule has 1 aliphatic heterocycles. The molecule has 5 nitrogen and oxygen atoms in total. The highest BCUT2D eigenvalue weighted by molar-refractivity contribution is 5.79. The largest absolute Gasteiger partial charge is 0.481 e. The number of carboxylic acids is 1. The standard InChI is InChI=1S/C12H18F3NO4/c1-7-5-16(9(19)20-10(2,3)4)6-11(7,8(17)18)12(13,14)15/h7H,5-6H2,1-4H3,(H,17,18)/t7-,11-/m1/s1. The highest BCUT2D eigenvalue weighted by Crippen LogP contribution is 2.49. The van der Waals surface area contributed by atoms with Crippen LogP contribution in [0.15, 0.2) is 0 Å². The number of aliphatic carboxylic acids is 1. The molecule has 1 aliphatic rings. The zero-order chi connectivity index (χ0) is 15.9. The number of nitrogens with zero attached hydrogens (tertiary/aromatic N) is 1. The first-order chi connectivity index (χ1) is 8.81. The summed E-state index contributed by atoms with van der Waals surface area (Å²) < 4.78 is 44.4. The number of carbonyl (C=O) groups is 2. The quantitative estimate of drug-likeness (QED) is 0.807. The fourth-order valence-corrected chi connectivity index (χ4v) is 2.24. The summed E-state index contributed by atoms with van der Waals surface area (Å²) in [6.45, 7) is 4.68. The Morgan fingerprint density at radius 2 is 1.80 bits per heavy atom. The van der Waals surface area contributed by atoms with Crippen LogP contribution < -0.4 is 0 Å². The minimum absolute atomic E-state index is 0.305. The van der Waals surface area contributed by atoms with Crippen molar-refractivity contribution in [2.75, 3.05) is 13.1 Å². The molecule has 1 heterocycles. The Kier molecular flexibility index (Phi) is 4.00. The van der Waals surface area contributed by atoms with Gasteiger partial charge in [-0.05, 0) is 20.8 Å². The maximum atomic E-state index is 13.1. The van der Waals surface area contributed by atoms with Gasteiger partial charge in [-0.15, -0.1) is 0 Å². The number of alkyl halides is 3. The summed E-state index contributed by atoms with van der Waals surface area (Å²) in [7, 11) is 0. The van der Waals surface area contributed by atoms with E-state index in [1.165, 1.54) is 6.92 Å². The van der Waals surface area contributed by atoms with E-state index in [1.54, 1.807) is 20.8 Å². The molecule has 1 saturated heterocycles. The van der Waals surface area contributed by atoms with Gasteiger partial charge in [0.05, 0.1) is 0 Å². The van der Waals surface area contributed by atoms with E-state index < -0.39 is 41.7 Å². The first kappa shape index (κ1) is 16.6. The predicted octanol–water partition coefficient (Wildman–Crippen LogP) is 2.51. The Morgan fingerprint density at radius 3 is 2.10 bits per heavy atom. The van der Waals surface area contributed by atoms with Crippen LogP contribution in [0.4, 0.5) is 18.0 Å². The molecule has 1 fully saturated rings. The lowest BCUT2D eigenvalue weighted by Gasteiger charge is -2.30. The second-order valence-corrected chi connectivity index (χ2v) is 6.04. The average molecular weight is 297 g/mol. The van der Waals surface area contributed by atoms with Gasteiger partial charge in [-0.2, -0.15) is 13.2 Å². The maximum Gasteiger partial charge on any atom is 0.410 e. The molecule has 0 saturated carbocycles. The molecule has 8 heteroatoms. The number of rotatable bonds is 1. The van der Waals surface area contributed by atoms with Crippen molar-refractivity contribution in [3.63, 3.8) is 0 Å². The van der Waals surface area contributed by atoms with Crippen molar-refractivity contribution in [3.8, 4) is 0 Å². The van der Waals surface area contributed by atoms with Crippen molar-refractivity contribution < 1.29 is 32.6 Å². The minimum atomic E-state index is -4.94. The summed E-state index contributed by atoms with van der Waals surface area (Å²) in [5, 5.41) is 9.00. The molecule has 0 bridgehead atoms. The van der Waals surface area contributed by atoms with Gasteiger partial charge in [-0.3, -0.25) is 4.79 Å². The number of hydrogen-bond donors (Lipinski definition) is 1. The molecular weight excluding hydrogens is 279 g/mol. The van der Waals surface area contributed by atoms with Gasteiger partial charge in [-0.25, -0.2) is 4.79 Å². The van der Waals surface area contributed by atoms with E-state index in [4.69, 9.17) is 9.84 Å². The van der Waals surface area contributed by atoms with Crippen molar-refractivity contribution in [3.05, 3.63) is 0 Å². The normalized spacial score (nSPS) is 27.6. The molecular formula is C12H18F3NO4. The summed E-state index contributed by atoms with van der Waals surface area (Å²) in [6.07, 6.45) is -5.87. The fraction of sp³-hybridized carbons (Fsp3) is 0.833. The molecule has 0 aromatic carbocycles. The van der Waals surface area contributed by atoms with E-state index >= 15 is 0 Å². The molecule has 0 unspecified atom stereocenters.